The highest BCUT2D eigenvalue weighted by Gasteiger charge is 2.44. The molecule has 2 aliphatic carbocycles. The van der Waals surface area contributed by atoms with Gasteiger partial charge in [0.2, 0.25) is 0 Å². The number of halogens is 12. The first-order chi connectivity index (χ1) is 23.1. The van der Waals surface area contributed by atoms with Gasteiger partial charge < -0.3 is 18.9 Å². The van der Waals surface area contributed by atoms with Gasteiger partial charge in [-0.05, 0) is 80.9 Å². The van der Waals surface area contributed by atoms with Crippen molar-refractivity contribution in [1.82, 2.24) is 0 Å². The molecule has 1 atom stereocenters. The summed E-state index contributed by atoms with van der Waals surface area (Å²) in [6.07, 6.45) is -22.3. The second-order valence-corrected chi connectivity index (χ2v) is 10.1. The molecule has 2 aliphatic rings. The number of hydrogen-bond donors (Lipinski definition) is 0. The van der Waals surface area contributed by atoms with E-state index in [9.17, 15) is 73.7 Å². The standard InChI is InChI=1S/C30H8F12N4O4/c31-27(32,33)47-21-3-15-13-1-14-16-4-22(48-28(34,35)36)24(50-30(40,41)42)6-20(16)26(12(9-45)10-46)18(14)2-17(13)25(11(7-43)8-44)19(15)5-23(21)49-29(37,38)39/h1-6,11,25H. The summed E-state index contributed by atoms with van der Waals surface area (Å²) in [5.41, 5.74) is -3.82. The number of allylic oxidation sites excluding steroid dienone is 1. The lowest BCUT2D eigenvalue weighted by Crippen LogP contribution is -2.21. The van der Waals surface area contributed by atoms with Crippen LogP contribution < -0.4 is 18.9 Å². The Morgan fingerprint density at radius 3 is 1.24 bits per heavy atom. The van der Waals surface area contributed by atoms with Crippen molar-refractivity contribution in [3.63, 3.8) is 0 Å². The Hall–Kier alpha value is -6.28. The van der Waals surface area contributed by atoms with E-state index in [2.05, 4.69) is 18.9 Å². The fraction of sp³-hybridized carbons (Fsp3) is 0.200. The number of fused-ring (bicyclic) bond motifs is 6. The molecule has 0 bridgehead atoms. The summed E-state index contributed by atoms with van der Waals surface area (Å²) in [6.45, 7) is 0. The third kappa shape index (κ3) is 6.69. The molecular weight excluding hydrogens is 708 g/mol. The van der Waals surface area contributed by atoms with Crippen LogP contribution in [0.15, 0.2) is 42.0 Å². The van der Waals surface area contributed by atoms with Gasteiger partial charge >= 0.3 is 25.4 Å². The van der Waals surface area contributed by atoms with Gasteiger partial charge in [-0.1, -0.05) is 0 Å². The summed E-state index contributed by atoms with van der Waals surface area (Å²) >= 11 is 0. The van der Waals surface area contributed by atoms with Gasteiger partial charge in [0.15, 0.2) is 23.0 Å². The molecule has 20 heteroatoms. The molecule has 0 amide bonds. The number of rotatable bonds is 5. The summed E-state index contributed by atoms with van der Waals surface area (Å²) in [7, 11) is 0. The number of benzene rings is 3. The fourth-order valence-electron chi connectivity index (χ4n) is 5.67. The van der Waals surface area contributed by atoms with Crippen LogP contribution in [0.2, 0.25) is 0 Å². The monoisotopic (exact) mass is 716 g/mol. The van der Waals surface area contributed by atoms with Crippen molar-refractivity contribution < 1.29 is 71.6 Å². The van der Waals surface area contributed by atoms with Crippen LogP contribution in [0.25, 0.3) is 27.8 Å². The Balaban J connectivity index is 1.88. The third-order valence-corrected chi connectivity index (χ3v) is 7.17. The smallest absolute Gasteiger partial charge is 0.402 e. The van der Waals surface area contributed by atoms with Crippen molar-refractivity contribution in [2.75, 3.05) is 0 Å². The van der Waals surface area contributed by atoms with E-state index < -0.39 is 82.6 Å². The molecule has 3 aromatic rings. The molecule has 3 aromatic carbocycles. The van der Waals surface area contributed by atoms with Crippen molar-refractivity contribution in [1.29, 1.82) is 21.0 Å². The topological polar surface area (TPSA) is 132 Å². The Labute approximate surface area is 269 Å². The van der Waals surface area contributed by atoms with Crippen LogP contribution in [-0.2, 0) is 0 Å². The molecule has 256 valence electrons. The molecule has 5 rings (SSSR count). The van der Waals surface area contributed by atoms with Crippen LogP contribution in [0.4, 0.5) is 52.7 Å². The fourth-order valence-corrected chi connectivity index (χ4v) is 5.67. The minimum absolute atomic E-state index is 0.173. The normalized spacial score (nSPS) is 14.7. The zero-order valence-electron chi connectivity index (χ0n) is 23.6. The predicted molar refractivity (Wildman–Crippen MR) is 138 cm³/mol. The van der Waals surface area contributed by atoms with Crippen LogP contribution in [-0.4, -0.2) is 25.4 Å². The molecule has 0 aromatic heterocycles. The van der Waals surface area contributed by atoms with Crippen molar-refractivity contribution in [2.45, 2.75) is 31.4 Å². The first-order valence-corrected chi connectivity index (χ1v) is 13.0. The van der Waals surface area contributed by atoms with E-state index in [1.165, 1.54) is 12.1 Å². The second-order valence-electron chi connectivity index (χ2n) is 10.1. The molecule has 0 aliphatic heterocycles. The molecule has 0 spiro atoms. The van der Waals surface area contributed by atoms with Crippen LogP contribution >= 0.6 is 0 Å². The van der Waals surface area contributed by atoms with E-state index in [-0.39, 0.29) is 33.4 Å². The molecule has 0 radical (unpaired) electrons. The maximum atomic E-state index is 13.3. The van der Waals surface area contributed by atoms with Gasteiger partial charge in [0.1, 0.15) is 23.6 Å². The Bertz CT molecular complexity index is 2110. The largest absolute Gasteiger partial charge is 0.573 e. The van der Waals surface area contributed by atoms with Crippen molar-refractivity contribution in [3.05, 3.63) is 64.2 Å². The van der Waals surface area contributed by atoms with Gasteiger partial charge in [0.05, 0.1) is 12.1 Å². The Morgan fingerprint density at radius 2 is 0.820 bits per heavy atom. The van der Waals surface area contributed by atoms with Crippen molar-refractivity contribution in [3.8, 4) is 69.5 Å². The van der Waals surface area contributed by atoms with E-state index >= 15 is 0 Å². The average Bonchev–Trinajstić information content (AvgIpc) is 3.42. The van der Waals surface area contributed by atoms with Crippen LogP contribution in [0.3, 0.4) is 0 Å². The van der Waals surface area contributed by atoms with Gasteiger partial charge in [-0.2, -0.15) is 21.0 Å². The summed E-state index contributed by atoms with van der Waals surface area (Å²) in [5.74, 6) is -9.49. The molecule has 0 heterocycles. The van der Waals surface area contributed by atoms with Gasteiger partial charge in [0.25, 0.3) is 0 Å². The predicted octanol–water partition coefficient (Wildman–Crippen LogP) is 8.89. The number of alkyl halides is 12. The zero-order valence-corrected chi connectivity index (χ0v) is 23.6. The summed E-state index contributed by atoms with van der Waals surface area (Å²) in [4.78, 5) is 0. The lowest BCUT2D eigenvalue weighted by molar-refractivity contribution is -0.287. The quantitative estimate of drug-likeness (QED) is 0.148. The summed E-state index contributed by atoms with van der Waals surface area (Å²) < 4.78 is 174. The van der Waals surface area contributed by atoms with Crippen molar-refractivity contribution in [2.24, 2.45) is 5.92 Å². The van der Waals surface area contributed by atoms with Gasteiger partial charge in [-0.25, -0.2) is 0 Å². The van der Waals surface area contributed by atoms with Gasteiger partial charge in [-0.15, -0.1) is 52.7 Å². The van der Waals surface area contributed by atoms with Crippen LogP contribution in [0.5, 0.6) is 23.0 Å². The first kappa shape index (κ1) is 35.0. The SMILES string of the molecule is N#CC(C#N)=C1c2cc(OC(F)(F)F)c(OC(F)(F)F)cc2-c2cc3c(cc21)C(C(C#N)C#N)c1cc(OC(F)(F)F)c(OC(F)(F)F)cc1-3. The average molecular weight is 716 g/mol. The molecule has 50 heavy (non-hydrogen) atoms. The van der Waals surface area contributed by atoms with E-state index in [1.807, 2.05) is 0 Å². The summed E-state index contributed by atoms with van der Waals surface area (Å²) in [6, 6.07) is 9.95. The minimum atomic E-state index is -5.58. The van der Waals surface area contributed by atoms with Crippen LogP contribution in [0, 0.1) is 51.2 Å². The molecule has 1 unspecified atom stereocenters. The minimum Gasteiger partial charge on any atom is -0.402 e. The van der Waals surface area contributed by atoms with E-state index in [0.29, 0.717) is 24.3 Å². The number of ether oxygens (including phenoxy) is 4. The molecule has 0 saturated carbocycles. The highest BCUT2D eigenvalue weighted by Crippen LogP contribution is 2.58. The maximum Gasteiger partial charge on any atom is 0.573 e. The lowest BCUT2D eigenvalue weighted by atomic mass is 9.84. The highest BCUT2D eigenvalue weighted by molar-refractivity contribution is 6.06. The first-order valence-electron chi connectivity index (χ1n) is 13.0. The Morgan fingerprint density at radius 1 is 0.480 bits per heavy atom. The number of nitrogens with zero attached hydrogens (tertiary/aromatic N) is 4. The number of hydrogen-bond acceptors (Lipinski definition) is 8. The van der Waals surface area contributed by atoms with E-state index in [4.69, 9.17) is 0 Å². The molecule has 0 N–H and O–H groups in total. The van der Waals surface area contributed by atoms with Crippen molar-refractivity contribution >= 4 is 5.57 Å². The third-order valence-electron chi connectivity index (χ3n) is 7.17. The second kappa shape index (κ2) is 11.7. The molecule has 0 saturated heterocycles. The Kier molecular flexibility index (Phi) is 8.20. The van der Waals surface area contributed by atoms with E-state index in [0.717, 1.165) is 12.1 Å². The lowest BCUT2D eigenvalue weighted by Gasteiger charge is -2.19. The molecule has 8 nitrogen and oxygen atoms in total. The maximum absolute atomic E-state index is 13.3. The van der Waals surface area contributed by atoms with Gasteiger partial charge in [0, 0.05) is 11.5 Å². The van der Waals surface area contributed by atoms with Crippen LogP contribution in [0.1, 0.15) is 28.2 Å². The molecular formula is C30H8F12N4O4. The summed E-state index contributed by atoms with van der Waals surface area (Å²) in [5, 5.41) is 38.8. The number of nitriles is 4. The highest BCUT2D eigenvalue weighted by atomic mass is 19.4. The van der Waals surface area contributed by atoms with Gasteiger partial charge in [-0.3, -0.25) is 0 Å². The molecule has 0 fully saturated rings. The zero-order chi connectivity index (χ0) is 37.1. The van der Waals surface area contributed by atoms with E-state index in [1.54, 1.807) is 12.1 Å².